The summed E-state index contributed by atoms with van der Waals surface area (Å²) in [5.41, 5.74) is -0.195. The molecule has 1 aliphatic heterocycles. The molecule has 1 saturated heterocycles. The fourth-order valence-electron chi connectivity index (χ4n) is 5.64. The van der Waals surface area contributed by atoms with Crippen LogP contribution < -0.4 is 15.4 Å². The Balaban J connectivity index is 1.42. The Hall–Kier alpha value is -2.91. The van der Waals surface area contributed by atoms with Crippen LogP contribution in [0.2, 0.25) is 0 Å². The van der Waals surface area contributed by atoms with Crippen LogP contribution in [-0.2, 0) is 9.59 Å². The number of benzene rings is 1. The lowest BCUT2D eigenvalue weighted by Crippen LogP contribution is -2.59. The molecule has 1 aliphatic carbocycles. The summed E-state index contributed by atoms with van der Waals surface area (Å²) in [5, 5.41) is 16.6. The quantitative estimate of drug-likeness (QED) is 0.499. The fourth-order valence-corrected chi connectivity index (χ4v) is 6.55. The van der Waals surface area contributed by atoms with E-state index in [-0.39, 0.29) is 23.4 Å². The first kappa shape index (κ1) is 27.1. The maximum absolute atomic E-state index is 13.4. The molecule has 0 radical (unpaired) electrons. The zero-order chi connectivity index (χ0) is 27.0. The molecule has 4 rings (SSSR count). The maximum atomic E-state index is 13.4. The Morgan fingerprint density at radius 1 is 1.11 bits per heavy atom. The van der Waals surface area contributed by atoms with Gasteiger partial charge in [0, 0.05) is 29.0 Å². The monoisotopic (exact) mass is 527 g/mol. The number of carbonyl (C=O) groups excluding carboxylic acids is 2. The number of likely N-dealkylation sites (tertiary alicyclic amines) is 1. The number of carbonyl (C=O) groups is 3. The van der Waals surface area contributed by atoms with E-state index < -0.39 is 23.5 Å². The van der Waals surface area contributed by atoms with Gasteiger partial charge in [0.2, 0.25) is 5.91 Å². The van der Waals surface area contributed by atoms with Crippen LogP contribution in [0.4, 0.5) is 0 Å². The van der Waals surface area contributed by atoms with Gasteiger partial charge in [-0.1, -0.05) is 0 Å². The molecular weight excluding hydrogens is 490 g/mol. The van der Waals surface area contributed by atoms with Crippen LogP contribution in [0.5, 0.6) is 5.75 Å². The molecule has 2 aromatic rings. The third-order valence-electron chi connectivity index (χ3n) is 7.45. The minimum atomic E-state index is -1.06. The summed E-state index contributed by atoms with van der Waals surface area (Å²) in [7, 11) is 1.62. The van der Waals surface area contributed by atoms with Gasteiger partial charge in [-0.15, -0.1) is 11.3 Å². The number of aliphatic carboxylic acids is 1. The number of rotatable bonds is 7. The second-order valence-electron chi connectivity index (χ2n) is 11.3. The summed E-state index contributed by atoms with van der Waals surface area (Å²) in [4.78, 5) is 42.0. The highest BCUT2D eigenvalue weighted by Crippen LogP contribution is 2.41. The Morgan fingerprint density at radius 3 is 2.43 bits per heavy atom. The van der Waals surface area contributed by atoms with Crippen molar-refractivity contribution in [2.75, 3.05) is 13.7 Å². The van der Waals surface area contributed by atoms with Crippen LogP contribution in [0.1, 0.15) is 63.0 Å². The number of carboxylic acid groups (broad SMARTS) is 1. The molecule has 2 aliphatic rings. The van der Waals surface area contributed by atoms with Gasteiger partial charge in [0.1, 0.15) is 11.8 Å². The zero-order valence-electron chi connectivity index (χ0n) is 22.2. The van der Waals surface area contributed by atoms with E-state index in [2.05, 4.69) is 31.4 Å². The third-order valence-corrected chi connectivity index (χ3v) is 8.58. The van der Waals surface area contributed by atoms with Crippen LogP contribution >= 0.6 is 11.3 Å². The summed E-state index contributed by atoms with van der Waals surface area (Å²) in [6.45, 7) is 8.41. The number of thiophene rings is 1. The number of methoxy groups -OCH3 is 1. The molecule has 2 fully saturated rings. The first-order chi connectivity index (χ1) is 17.4. The van der Waals surface area contributed by atoms with Gasteiger partial charge in [0.05, 0.1) is 17.4 Å². The molecule has 9 heteroatoms. The number of ether oxygens (including phenoxy) is 1. The van der Waals surface area contributed by atoms with Gasteiger partial charge >= 0.3 is 5.97 Å². The van der Waals surface area contributed by atoms with Gasteiger partial charge < -0.3 is 25.4 Å². The van der Waals surface area contributed by atoms with Crippen LogP contribution in [0.25, 0.3) is 10.4 Å². The minimum absolute atomic E-state index is 0.0734. The summed E-state index contributed by atoms with van der Waals surface area (Å²) in [5.74, 6) is -0.604. The van der Waals surface area contributed by atoms with Crippen LogP contribution in [-0.4, -0.2) is 65.1 Å². The van der Waals surface area contributed by atoms with E-state index in [1.165, 1.54) is 11.3 Å². The number of nitrogens with zero attached hydrogens (tertiary/aromatic N) is 1. The normalized spacial score (nSPS) is 26.2. The lowest BCUT2D eigenvalue weighted by atomic mass is 9.68. The van der Waals surface area contributed by atoms with Gasteiger partial charge in [0.15, 0.2) is 0 Å². The van der Waals surface area contributed by atoms with Gasteiger partial charge in [-0.3, -0.25) is 14.4 Å². The second kappa shape index (κ2) is 10.5. The Kier molecular flexibility index (Phi) is 7.67. The predicted molar refractivity (Wildman–Crippen MR) is 144 cm³/mol. The Bertz CT molecular complexity index is 1160. The average molecular weight is 528 g/mol. The van der Waals surface area contributed by atoms with Gasteiger partial charge in [0.25, 0.3) is 5.91 Å². The molecule has 200 valence electrons. The van der Waals surface area contributed by atoms with Crippen LogP contribution in [0, 0.1) is 5.41 Å². The largest absolute Gasteiger partial charge is 0.497 e. The fraction of sp³-hybridized carbons (Fsp3) is 0.536. The zero-order valence-corrected chi connectivity index (χ0v) is 23.0. The number of hydrogen-bond donors (Lipinski definition) is 3. The molecule has 1 aromatic heterocycles. The lowest BCUT2D eigenvalue weighted by Gasteiger charge is -2.47. The highest BCUT2D eigenvalue weighted by Gasteiger charge is 2.52. The molecule has 37 heavy (non-hydrogen) atoms. The van der Waals surface area contributed by atoms with Crippen molar-refractivity contribution < 1.29 is 24.2 Å². The molecule has 1 aromatic carbocycles. The molecule has 0 bridgehead atoms. The molecule has 0 spiro atoms. The van der Waals surface area contributed by atoms with Crippen molar-refractivity contribution in [1.82, 2.24) is 15.5 Å². The van der Waals surface area contributed by atoms with E-state index in [1.54, 1.807) is 25.0 Å². The summed E-state index contributed by atoms with van der Waals surface area (Å²) < 4.78 is 5.20. The number of hydrogen-bond acceptors (Lipinski definition) is 6. The molecule has 2 heterocycles. The van der Waals surface area contributed by atoms with Gasteiger partial charge in [-0.05, 0) is 95.3 Å². The van der Waals surface area contributed by atoms with Crippen molar-refractivity contribution in [3.63, 3.8) is 0 Å². The van der Waals surface area contributed by atoms with E-state index in [0.717, 1.165) is 22.6 Å². The topological polar surface area (TPSA) is 108 Å². The second-order valence-corrected chi connectivity index (χ2v) is 12.4. The smallest absolute Gasteiger partial charge is 0.311 e. The molecule has 1 saturated carbocycles. The van der Waals surface area contributed by atoms with Crippen molar-refractivity contribution in [2.45, 2.75) is 77.0 Å². The van der Waals surface area contributed by atoms with E-state index in [9.17, 15) is 19.5 Å². The Morgan fingerprint density at radius 2 is 1.81 bits per heavy atom. The van der Waals surface area contributed by atoms with Crippen molar-refractivity contribution >= 4 is 29.1 Å². The standard InChI is InChI=1S/C28H37N3O5S/c1-27(2,3)30-18-8-13-23(28(4,16-18)26(34)35)31-15-14-20(25(31)33)29-24(32)22-12-11-21(37-22)17-6-9-19(36-5)10-7-17/h6-7,9-12,18,20,23,30H,8,13-16H2,1-5H3,(H,29,32)(H,34,35)/t18?,20-,23?,28?/m0/s1. The highest BCUT2D eigenvalue weighted by molar-refractivity contribution is 7.17. The third kappa shape index (κ3) is 5.83. The SMILES string of the molecule is COc1ccc(-c2ccc(C(=O)N[C@H]3CCN(C4CCC(NC(C)(C)C)CC4(C)C(=O)O)C3=O)s2)cc1. The van der Waals surface area contributed by atoms with E-state index >= 15 is 0 Å². The molecule has 2 amide bonds. The maximum Gasteiger partial charge on any atom is 0.311 e. The lowest BCUT2D eigenvalue weighted by molar-refractivity contribution is -0.158. The van der Waals surface area contributed by atoms with E-state index in [4.69, 9.17) is 4.74 Å². The number of nitrogens with one attached hydrogen (secondary N) is 2. The van der Waals surface area contributed by atoms with E-state index in [1.807, 2.05) is 30.3 Å². The molecule has 4 atom stereocenters. The van der Waals surface area contributed by atoms with Crippen molar-refractivity contribution in [3.8, 4) is 16.2 Å². The molecule has 3 unspecified atom stereocenters. The summed E-state index contributed by atoms with van der Waals surface area (Å²) >= 11 is 1.37. The van der Waals surface area contributed by atoms with E-state index in [0.29, 0.717) is 30.7 Å². The minimum Gasteiger partial charge on any atom is -0.497 e. The van der Waals surface area contributed by atoms with Gasteiger partial charge in [-0.25, -0.2) is 0 Å². The first-order valence-corrected chi connectivity index (χ1v) is 13.6. The van der Waals surface area contributed by atoms with Crippen LogP contribution in [0.15, 0.2) is 36.4 Å². The molecule has 3 N–H and O–H groups in total. The molecular formula is C28H37N3O5S. The summed E-state index contributed by atoms with van der Waals surface area (Å²) in [6.07, 6.45) is 2.33. The van der Waals surface area contributed by atoms with Crippen molar-refractivity contribution in [3.05, 3.63) is 41.3 Å². The van der Waals surface area contributed by atoms with Crippen molar-refractivity contribution in [2.24, 2.45) is 5.41 Å². The van der Waals surface area contributed by atoms with Crippen molar-refractivity contribution in [1.29, 1.82) is 0 Å². The Labute approximate surface area is 222 Å². The highest BCUT2D eigenvalue weighted by atomic mass is 32.1. The average Bonchev–Trinajstić information content (AvgIpc) is 3.46. The first-order valence-electron chi connectivity index (χ1n) is 12.8. The number of carboxylic acids is 1. The number of amides is 2. The molecule has 8 nitrogen and oxygen atoms in total. The predicted octanol–water partition coefficient (Wildman–Crippen LogP) is 4.15. The summed E-state index contributed by atoms with van der Waals surface area (Å²) in [6, 6.07) is 10.3. The van der Waals surface area contributed by atoms with Crippen LogP contribution in [0.3, 0.4) is 0 Å². The van der Waals surface area contributed by atoms with Gasteiger partial charge in [-0.2, -0.15) is 0 Å².